The molecule has 30 unspecified atom stereocenters. The van der Waals surface area contributed by atoms with Gasteiger partial charge in [-0.25, -0.2) is 0 Å². The van der Waals surface area contributed by atoms with E-state index < -0.39 is 142 Å². The third-order valence-electron chi connectivity index (χ3n) is 21.7. The highest BCUT2D eigenvalue weighted by Crippen LogP contribution is 2.89. The van der Waals surface area contributed by atoms with Gasteiger partial charge in [0.1, 0.15) is 85.5 Å². The zero-order valence-corrected chi connectivity index (χ0v) is 44.9. The molecule has 0 aromatic carbocycles. The van der Waals surface area contributed by atoms with Gasteiger partial charge in [-0.2, -0.15) is 0 Å². The molecule has 21 heteroatoms. The highest BCUT2D eigenvalue weighted by atomic mass is 16.8. The second kappa shape index (κ2) is 21.7. The molecule has 21 nitrogen and oxygen atoms in total. The smallest absolute Gasteiger partial charge is 0.187 e. The quantitative estimate of drug-likeness (QED) is 0.0724. The van der Waals surface area contributed by atoms with Gasteiger partial charge in [0.05, 0.1) is 44.2 Å². The Morgan fingerprint density at radius 3 is 1.84 bits per heavy atom. The summed E-state index contributed by atoms with van der Waals surface area (Å²) in [4.78, 5) is 0. The van der Waals surface area contributed by atoms with Crippen LogP contribution < -0.4 is 0 Å². The van der Waals surface area contributed by atoms with E-state index in [1.165, 1.54) is 13.3 Å². The van der Waals surface area contributed by atoms with Crippen LogP contribution in [0.25, 0.3) is 0 Å². The summed E-state index contributed by atoms with van der Waals surface area (Å²) in [6.45, 7) is 15.3. The third-order valence-corrected chi connectivity index (χ3v) is 21.7. The van der Waals surface area contributed by atoms with Crippen molar-refractivity contribution in [3.8, 4) is 0 Å². The molecule has 432 valence electrons. The Hall–Kier alpha value is -1.10. The van der Waals surface area contributed by atoms with Crippen LogP contribution in [0.1, 0.15) is 120 Å². The molecule has 4 saturated heterocycles. The van der Waals surface area contributed by atoms with Gasteiger partial charge in [-0.05, 0) is 136 Å². The fraction of sp³-hybridized carbons (Fsp3) is 0.963. The van der Waals surface area contributed by atoms with Crippen molar-refractivity contribution in [3.63, 3.8) is 0 Å². The standard InChI is InChI=1S/C54H90O21/c1-23(19-55)9-10-28(57)24(2)27-13-15-52(8)32-12-11-31-50(5,6)33(14-16-53(31)22-54(32,53)18-17-51(27,52)7)73-47-43(67)40(64)44(26(4)70-47)74-49-45(75-48-42(66)37(61)34(58)25(3)69-48)39(63)36(60)30(72-49)21-68-46-41(65)38(62)35(59)29(20-56)71-46/h9,24-49,55-67H,10-22H2,1-8H3. The summed E-state index contributed by atoms with van der Waals surface area (Å²) in [7, 11) is 0. The van der Waals surface area contributed by atoms with E-state index in [9.17, 15) is 66.4 Å². The summed E-state index contributed by atoms with van der Waals surface area (Å²) in [5.74, 6) is 1.47. The van der Waals surface area contributed by atoms with Crippen LogP contribution in [0.3, 0.4) is 0 Å². The predicted octanol–water partition coefficient (Wildman–Crippen LogP) is -0.536. The number of hydrogen-bond acceptors (Lipinski definition) is 21. The van der Waals surface area contributed by atoms with Crippen molar-refractivity contribution in [2.75, 3.05) is 19.8 Å². The average molecular weight is 1080 g/mol. The topological polar surface area (TPSA) is 337 Å². The van der Waals surface area contributed by atoms with Gasteiger partial charge in [0.2, 0.25) is 0 Å². The Bertz CT molecular complexity index is 2000. The first-order chi connectivity index (χ1) is 35.2. The van der Waals surface area contributed by atoms with E-state index in [-0.39, 0.29) is 45.7 Å². The van der Waals surface area contributed by atoms with Crippen molar-refractivity contribution in [1.29, 1.82) is 0 Å². The fourth-order valence-electron chi connectivity index (χ4n) is 16.9. The van der Waals surface area contributed by atoms with Gasteiger partial charge in [0, 0.05) is 0 Å². The summed E-state index contributed by atoms with van der Waals surface area (Å²) >= 11 is 0. The summed E-state index contributed by atoms with van der Waals surface area (Å²) < 4.78 is 48.3. The van der Waals surface area contributed by atoms with E-state index >= 15 is 0 Å². The monoisotopic (exact) mass is 1070 g/mol. The molecule has 0 amide bonds. The normalized spacial score (nSPS) is 54.5. The highest BCUT2D eigenvalue weighted by Gasteiger charge is 2.82. The van der Waals surface area contributed by atoms with E-state index in [0.29, 0.717) is 24.2 Å². The molecule has 5 saturated carbocycles. The molecule has 13 N–H and O–H groups in total. The molecule has 9 fully saturated rings. The van der Waals surface area contributed by atoms with E-state index in [4.69, 9.17) is 37.9 Å². The van der Waals surface area contributed by atoms with Crippen LogP contribution >= 0.6 is 0 Å². The SMILES string of the molecule is CC(=CCC(O)C(C)C1CCC2(C)C3CCC4C(C)(C)C(OC5OC(C)C(OC6OC(COC7OC(CO)C(O)C(O)C7O)C(O)C(O)C6OC6OC(C)C(O)C(O)C6O)C(O)C5O)CCC45CC35CCC12C)CO. The van der Waals surface area contributed by atoms with Crippen molar-refractivity contribution in [1.82, 2.24) is 0 Å². The molecular formula is C54H90O21. The van der Waals surface area contributed by atoms with Crippen LogP contribution in [0.5, 0.6) is 0 Å². The first kappa shape index (κ1) is 58.6. The van der Waals surface area contributed by atoms with Crippen LogP contribution in [0.15, 0.2) is 11.6 Å². The molecule has 2 spiro atoms. The summed E-state index contributed by atoms with van der Waals surface area (Å²) in [6.07, 6.45) is -20.5. The number of fused-ring (bicyclic) bond motifs is 2. The molecule has 4 aliphatic heterocycles. The van der Waals surface area contributed by atoms with Gasteiger partial charge in [0.15, 0.2) is 25.2 Å². The lowest BCUT2D eigenvalue weighted by Gasteiger charge is -2.63. The number of rotatable bonds is 15. The fourth-order valence-corrected chi connectivity index (χ4v) is 16.9. The van der Waals surface area contributed by atoms with Crippen LogP contribution in [0.2, 0.25) is 0 Å². The molecule has 75 heavy (non-hydrogen) atoms. The first-order valence-corrected chi connectivity index (χ1v) is 27.8. The van der Waals surface area contributed by atoms with Crippen molar-refractivity contribution in [2.24, 2.45) is 50.7 Å². The van der Waals surface area contributed by atoms with Crippen LogP contribution in [-0.4, -0.2) is 221 Å². The van der Waals surface area contributed by atoms with Crippen LogP contribution in [0, 0.1) is 50.7 Å². The van der Waals surface area contributed by atoms with Gasteiger partial charge < -0.3 is 104 Å². The number of hydrogen-bond donors (Lipinski definition) is 13. The lowest BCUT2D eigenvalue weighted by molar-refractivity contribution is -0.391. The minimum atomic E-state index is -1.92. The Morgan fingerprint density at radius 1 is 0.573 bits per heavy atom. The maximum Gasteiger partial charge on any atom is 0.187 e. The third kappa shape index (κ3) is 9.65. The molecule has 0 aromatic rings. The number of aliphatic hydroxyl groups is 13. The zero-order valence-electron chi connectivity index (χ0n) is 44.9. The minimum absolute atomic E-state index is 0.00298. The molecule has 30 atom stereocenters. The average Bonchev–Trinajstić information content (AvgIpc) is 4.20. The Morgan fingerprint density at radius 2 is 1.15 bits per heavy atom. The lowest BCUT2D eigenvalue weighted by atomic mass is 9.41. The van der Waals surface area contributed by atoms with Crippen LogP contribution in [0.4, 0.5) is 0 Å². The highest BCUT2D eigenvalue weighted by molar-refractivity contribution is 5.31. The number of ether oxygens (including phenoxy) is 8. The van der Waals surface area contributed by atoms with Gasteiger partial charge in [-0.1, -0.05) is 46.3 Å². The Balaban J connectivity index is 0.871. The van der Waals surface area contributed by atoms with Gasteiger partial charge in [0.25, 0.3) is 0 Å². The van der Waals surface area contributed by atoms with Crippen molar-refractivity contribution >= 4 is 0 Å². The minimum Gasteiger partial charge on any atom is -0.394 e. The Labute approximate surface area is 440 Å². The summed E-state index contributed by atoms with van der Waals surface area (Å²) in [5.41, 5.74) is 1.19. The summed E-state index contributed by atoms with van der Waals surface area (Å²) in [6, 6.07) is 0. The molecule has 5 aliphatic carbocycles. The van der Waals surface area contributed by atoms with E-state index in [1.54, 1.807) is 6.92 Å². The van der Waals surface area contributed by atoms with Crippen LogP contribution in [-0.2, 0) is 37.9 Å². The van der Waals surface area contributed by atoms with Gasteiger partial charge in [-0.3, -0.25) is 0 Å². The molecule has 0 aromatic heterocycles. The molecule has 0 bridgehead atoms. The first-order valence-electron chi connectivity index (χ1n) is 27.8. The van der Waals surface area contributed by atoms with Crippen molar-refractivity contribution < 1.29 is 104 Å². The van der Waals surface area contributed by atoms with Gasteiger partial charge >= 0.3 is 0 Å². The van der Waals surface area contributed by atoms with E-state index in [1.807, 2.05) is 13.0 Å². The Kier molecular flexibility index (Phi) is 16.9. The molecule has 9 aliphatic rings. The van der Waals surface area contributed by atoms with E-state index in [2.05, 4.69) is 34.6 Å². The second-order valence-electron chi connectivity index (χ2n) is 25.6. The number of aliphatic hydroxyl groups excluding tert-OH is 13. The second-order valence-corrected chi connectivity index (χ2v) is 25.6. The molecule has 9 rings (SSSR count). The molecule has 0 radical (unpaired) electrons. The predicted molar refractivity (Wildman–Crippen MR) is 261 cm³/mol. The van der Waals surface area contributed by atoms with E-state index in [0.717, 1.165) is 56.9 Å². The lowest BCUT2D eigenvalue weighted by Crippen LogP contribution is -2.67. The van der Waals surface area contributed by atoms with Crippen molar-refractivity contribution in [2.45, 2.75) is 255 Å². The molecule has 4 heterocycles. The van der Waals surface area contributed by atoms with Crippen molar-refractivity contribution in [3.05, 3.63) is 11.6 Å². The van der Waals surface area contributed by atoms with Gasteiger partial charge in [-0.15, -0.1) is 0 Å². The molecular weight excluding hydrogens is 985 g/mol. The maximum atomic E-state index is 11.9. The summed E-state index contributed by atoms with van der Waals surface area (Å²) in [5, 5.41) is 140. The largest absolute Gasteiger partial charge is 0.394 e. The zero-order chi connectivity index (χ0) is 54.6. The maximum absolute atomic E-state index is 11.9.